The topological polar surface area (TPSA) is 288 Å². The SMILES string of the molecule is CCc1nc(C)oc1C(=O)Nc1nc2cc(C(N)=O)cc(OC)c2n1CC=CCn1c(NC(=O)c2oc(C)nc2CC)nc2cc(C(N)=O)cc(OCC(=O)O)c21. The van der Waals surface area contributed by atoms with Crippen molar-refractivity contribution in [3.8, 4) is 11.5 Å². The van der Waals surface area contributed by atoms with Gasteiger partial charge in [-0.05, 0) is 37.1 Å². The van der Waals surface area contributed by atoms with Gasteiger partial charge in [-0.15, -0.1) is 0 Å². The molecule has 296 valence electrons. The number of hydrogen-bond donors (Lipinski definition) is 5. The number of carboxylic acid groups (broad SMARTS) is 1. The number of nitrogens with two attached hydrogens (primary N) is 2. The quantitative estimate of drug-likeness (QED) is 0.0878. The molecule has 6 rings (SSSR count). The molecule has 4 heterocycles. The maximum absolute atomic E-state index is 13.5. The number of imidazole rings is 2. The summed E-state index contributed by atoms with van der Waals surface area (Å²) in [6.07, 6.45) is 4.26. The van der Waals surface area contributed by atoms with Crippen molar-refractivity contribution < 1.29 is 47.4 Å². The van der Waals surface area contributed by atoms with E-state index in [-0.39, 0.29) is 76.1 Å². The molecule has 20 nitrogen and oxygen atoms in total. The number of aryl methyl sites for hydroxylation is 4. The van der Waals surface area contributed by atoms with E-state index in [4.69, 9.17) is 29.8 Å². The van der Waals surface area contributed by atoms with Gasteiger partial charge in [0.05, 0.1) is 29.5 Å². The number of carbonyl (C=O) groups excluding carboxylic acids is 4. The van der Waals surface area contributed by atoms with Crippen LogP contribution < -0.4 is 31.6 Å². The van der Waals surface area contributed by atoms with Crippen molar-refractivity contribution in [2.24, 2.45) is 11.5 Å². The molecule has 0 aliphatic carbocycles. The first-order valence-corrected chi connectivity index (χ1v) is 17.5. The number of nitrogens with one attached hydrogen (secondary N) is 2. The molecule has 0 saturated carbocycles. The lowest BCUT2D eigenvalue weighted by atomic mass is 10.1. The van der Waals surface area contributed by atoms with Gasteiger partial charge in [-0.25, -0.2) is 24.7 Å². The highest BCUT2D eigenvalue weighted by molar-refractivity contribution is 6.05. The number of benzene rings is 2. The first-order chi connectivity index (χ1) is 27.2. The van der Waals surface area contributed by atoms with Crippen LogP contribution >= 0.6 is 0 Å². The number of nitrogens with zero attached hydrogens (tertiary/aromatic N) is 6. The Bertz CT molecular complexity index is 2610. The van der Waals surface area contributed by atoms with E-state index >= 15 is 0 Å². The number of rotatable bonds is 16. The third-order valence-corrected chi connectivity index (χ3v) is 8.64. The van der Waals surface area contributed by atoms with Crippen LogP contribution in [0.2, 0.25) is 0 Å². The van der Waals surface area contributed by atoms with Crippen LogP contribution in [0.1, 0.15) is 78.8 Å². The Morgan fingerprint density at radius 3 is 1.58 bits per heavy atom. The van der Waals surface area contributed by atoms with Crippen molar-refractivity contribution in [3.05, 3.63) is 82.2 Å². The molecule has 0 aliphatic heterocycles. The number of aromatic nitrogens is 6. The molecule has 7 N–H and O–H groups in total. The molecule has 20 heteroatoms. The maximum Gasteiger partial charge on any atom is 0.341 e. The lowest BCUT2D eigenvalue weighted by Gasteiger charge is -2.12. The Kier molecular flexibility index (Phi) is 11.1. The smallest absolute Gasteiger partial charge is 0.341 e. The van der Waals surface area contributed by atoms with Crippen LogP contribution in [0.5, 0.6) is 11.5 Å². The van der Waals surface area contributed by atoms with Gasteiger partial charge in [-0.3, -0.25) is 29.8 Å². The van der Waals surface area contributed by atoms with E-state index < -0.39 is 36.2 Å². The molecule has 4 amide bonds. The van der Waals surface area contributed by atoms with Gasteiger partial charge in [0.15, 0.2) is 18.4 Å². The molecule has 0 aliphatic rings. The molecule has 2 aromatic carbocycles. The fourth-order valence-corrected chi connectivity index (χ4v) is 6.15. The molecule has 0 radical (unpaired) electrons. The second-order valence-electron chi connectivity index (χ2n) is 12.5. The van der Waals surface area contributed by atoms with Crippen LogP contribution in [0, 0.1) is 13.8 Å². The average Bonchev–Trinajstić information content (AvgIpc) is 3.93. The first kappa shape index (κ1) is 39.2. The molecular formula is C37H38N10O10. The number of ether oxygens (including phenoxy) is 2. The number of carbonyl (C=O) groups is 5. The van der Waals surface area contributed by atoms with E-state index in [1.165, 1.54) is 35.9 Å². The molecule has 6 aromatic rings. The standard InChI is InChI=1S/C37H38N10O10/c1-6-21-30(56-17(3)40-21)34(52)44-36-42-23-12-19(32(38)50)14-25(54-5)28(23)46(36)10-8-9-11-47-29-24(13-20(33(39)51)15-26(29)55-16-27(48)49)43-37(47)45-35(53)31-22(7-2)41-18(4)57-31/h8-9,12-15H,6-7,10-11,16H2,1-5H3,(H2,38,50)(H2,39,51)(H,48,49)(H,42,44,52)(H,43,45,53). The summed E-state index contributed by atoms with van der Waals surface area (Å²) in [6.45, 7) is 6.19. The minimum Gasteiger partial charge on any atom is -0.494 e. The van der Waals surface area contributed by atoms with Gasteiger partial charge in [0.1, 0.15) is 22.5 Å². The highest BCUT2D eigenvalue weighted by Gasteiger charge is 2.25. The van der Waals surface area contributed by atoms with Gasteiger partial charge in [0, 0.05) is 38.1 Å². The summed E-state index contributed by atoms with van der Waals surface area (Å²) < 4.78 is 25.5. The summed E-state index contributed by atoms with van der Waals surface area (Å²) in [5.41, 5.74) is 13.2. The number of carboxylic acids is 1. The highest BCUT2D eigenvalue weighted by atomic mass is 16.5. The van der Waals surface area contributed by atoms with Crippen molar-refractivity contribution >= 4 is 63.6 Å². The number of amides is 4. The van der Waals surface area contributed by atoms with E-state index in [0.29, 0.717) is 41.2 Å². The van der Waals surface area contributed by atoms with Crippen LogP contribution in [0.25, 0.3) is 22.1 Å². The number of oxazole rings is 2. The lowest BCUT2D eigenvalue weighted by Crippen LogP contribution is -2.17. The Balaban J connectivity index is 1.42. The number of anilines is 2. The number of allylic oxidation sites excluding steroid dienone is 2. The molecular weight excluding hydrogens is 744 g/mol. The van der Waals surface area contributed by atoms with Crippen LogP contribution in [-0.4, -0.2) is 77.5 Å². The van der Waals surface area contributed by atoms with E-state index in [0.717, 1.165) is 0 Å². The number of methoxy groups -OCH3 is 1. The number of fused-ring (bicyclic) bond motifs is 2. The Morgan fingerprint density at radius 1 is 0.737 bits per heavy atom. The van der Waals surface area contributed by atoms with Gasteiger partial charge in [-0.2, -0.15) is 0 Å². The summed E-state index contributed by atoms with van der Waals surface area (Å²) in [5.74, 6) is -3.20. The minimum atomic E-state index is -1.28. The van der Waals surface area contributed by atoms with E-state index in [1.807, 2.05) is 13.8 Å². The molecule has 57 heavy (non-hydrogen) atoms. The predicted molar refractivity (Wildman–Crippen MR) is 202 cm³/mol. The normalized spacial score (nSPS) is 11.4. The molecule has 0 fully saturated rings. The molecule has 0 spiro atoms. The fraction of sp³-hybridized carbons (Fsp3) is 0.270. The van der Waals surface area contributed by atoms with Crippen molar-refractivity contribution in [2.75, 3.05) is 24.4 Å². The molecule has 0 bridgehead atoms. The molecule has 0 atom stereocenters. The molecule has 4 aromatic heterocycles. The summed E-state index contributed by atoms with van der Waals surface area (Å²) in [6, 6.07) is 5.60. The first-order valence-electron chi connectivity index (χ1n) is 17.5. The van der Waals surface area contributed by atoms with Crippen LogP contribution in [0.4, 0.5) is 11.9 Å². The second kappa shape index (κ2) is 16.1. The third-order valence-electron chi connectivity index (χ3n) is 8.64. The van der Waals surface area contributed by atoms with Crippen LogP contribution in [0.3, 0.4) is 0 Å². The average molecular weight is 783 g/mol. The molecule has 0 unspecified atom stereocenters. The zero-order valence-electron chi connectivity index (χ0n) is 31.5. The summed E-state index contributed by atoms with van der Waals surface area (Å²) in [7, 11) is 1.41. The number of primary amides is 2. The van der Waals surface area contributed by atoms with E-state index in [2.05, 4.69) is 30.6 Å². The third kappa shape index (κ3) is 8.00. The molecule has 0 saturated heterocycles. The van der Waals surface area contributed by atoms with Gasteiger partial charge in [0.2, 0.25) is 35.2 Å². The van der Waals surface area contributed by atoms with Crippen molar-refractivity contribution in [2.45, 2.75) is 53.6 Å². The Morgan fingerprint density at radius 2 is 1.18 bits per heavy atom. The fourth-order valence-electron chi connectivity index (χ4n) is 6.15. The monoisotopic (exact) mass is 782 g/mol. The highest BCUT2D eigenvalue weighted by Crippen LogP contribution is 2.33. The summed E-state index contributed by atoms with van der Waals surface area (Å²) >= 11 is 0. The Hall–Kier alpha value is -7.51. The van der Waals surface area contributed by atoms with Crippen LogP contribution in [0.15, 0.2) is 45.3 Å². The van der Waals surface area contributed by atoms with E-state index in [1.54, 1.807) is 30.6 Å². The van der Waals surface area contributed by atoms with Crippen molar-refractivity contribution in [1.29, 1.82) is 0 Å². The van der Waals surface area contributed by atoms with Gasteiger partial charge < -0.3 is 44.0 Å². The predicted octanol–water partition coefficient (Wildman–Crippen LogP) is 3.53. The van der Waals surface area contributed by atoms with Crippen molar-refractivity contribution in [3.63, 3.8) is 0 Å². The number of aliphatic carboxylic acids is 1. The number of hydrogen-bond acceptors (Lipinski definition) is 13. The van der Waals surface area contributed by atoms with Crippen molar-refractivity contribution in [1.82, 2.24) is 29.1 Å². The zero-order chi connectivity index (χ0) is 41.1. The van der Waals surface area contributed by atoms with E-state index in [9.17, 15) is 29.1 Å². The summed E-state index contributed by atoms with van der Waals surface area (Å²) in [5, 5.41) is 14.9. The van der Waals surface area contributed by atoms with Gasteiger partial charge in [0.25, 0.3) is 11.8 Å². The largest absolute Gasteiger partial charge is 0.494 e. The summed E-state index contributed by atoms with van der Waals surface area (Å²) in [4.78, 5) is 80.6. The van der Waals surface area contributed by atoms with Crippen LogP contribution in [-0.2, 0) is 30.7 Å². The minimum absolute atomic E-state index is 0.00396. The maximum atomic E-state index is 13.5. The van der Waals surface area contributed by atoms with Gasteiger partial charge >= 0.3 is 5.97 Å². The lowest BCUT2D eigenvalue weighted by molar-refractivity contribution is -0.139. The second-order valence-corrected chi connectivity index (χ2v) is 12.5. The zero-order valence-corrected chi connectivity index (χ0v) is 31.5. The Labute approximate surface area is 322 Å². The van der Waals surface area contributed by atoms with Gasteiger partial charge in [-0.1, -0.05) is 26.0 Å².